The second-order valence-electron chi connectivity index (χ2n) is 4.02. The first kappa shape index (κ1) is 12.4. The number of benzene rings is 2. The minimum Gasteiger partial charge on any atom is -0.508 e. The Kier molecular flexibility index (Phi) is 3.46. The summed E-state index contributed by atoms with van der Waals surface area (Å²) in [6, 6.07) is 9.95. The van der Waals surface area contributed by atoms with Crippen LogP contribution >= 0.6 is 0 Å². The van der Waals surface area contributed by atoms with Crippen molar-refractivity contribution in [3.8, 4) is 5.75 Å². The Balaban J connectivity index is 2.27. The lowest BCUT2D eigenvalue weighted by atomic mass is 10.1. The Morgan fingerprint density at radius 2 is 1.61 bits per heavy atom. The summed E-state index contributed by atoms with van der Waals surface area (Å²) in [5, 5.41) is 12.4. The zero-order valence-electron chi connectivity index (χ0n) is 9.82. The Labute approximate surface area is 104 Å². The summed E-state index contributed by atoms with van der Waals surface area (Å²) < 4.78 is 26.9. The van der Waals surface area contributed by atoms with Crippen LogP contribution in [-0.4, -0.2) is 5.11 Å². The van der Waals surface area contributed by atoms with E-state index in [-0.39, 0.29) is 11.4 Å². The fourth-order valence-electron chi connectivity index (χ4n) is 1.78. The predicted molar refractivity (Wildman–Crippen MR) is 66.5 cm³/mol. The maximum atomic E-state index is 13.5. The summed E-state index contributed by atoms with van der Waals surface area (Å²) >= 11 is 0. The number of hydrogen-bond acceptors (Lipinski definition) is 2. The smallest absolute Gasteiger partial charge is 0.149 e. The normalized spacial score (nSPS) is 12.2. The maximum absolute atomic E-state index is 13.5. The summed E-state index contributed by atoms with van der Waals surface area (Å²) in [5.74, 6) is -1.22. The SMILES string of the molecule is CC(Nc1c(F)cccc1F)c1ccccc1O. The number of nitrogens with one attached hydrogen (secondary N) is 1. The van der Waals surface area contributed by atoms with Gasteiger partial charge in [0, 0.05) is 5.56 Å². The van der Waals surface area contributed by atoms with Gasteiger partial charge in [0.25, 0.3) is 0 Å². The number of phenols is 1. The van der Waals surface area contributed by atoms with E-state index < -0.39 is 17.7 Å². The van der Waals surface area contributed by atoms with Crippen LogP contribution in [0.1, 0.15) is 18.5 Å². The number of anilines is 1. The molecule has 2 nitrogen and oxygen atoms in total. The fourth-order valence-corrected chi connectivity index (χ4v) is 1.78. The second-order valence-corrected chi connectivity index (χ2v) is 4.02. The highest BCUT2D eigenvalue weighted by Gasteiger charge is 2.14. The summed E-state index contributed by atoms with van der Waals surface area (Å²) in [7, 11) is 0. The summed E-state index contributed by atoms with van der Waals surface area (Å²) in [6.07, 6.45) is 0. The molecule has 0 spiro atoms. The molecule has 0 amide bonds. The lowest BCUT2D eigenvalue weighted by molar-refractivity contribution is 0.465. The predicted octanol–water partition coefficient (Wildman–Crippen LogP) is 3.84. The lowest BCUT2D eigenvalue weighted by Gasteiger charge is -2.17. The van der Waals surface area contributed by atoms with Crippen LogP contribution in [0.4, 0.5) is 14.5 Å². The van der Waals surface area contributed by atoms with Gasteiger partial charge in [0.1, 0.15) is 23.1 Å². The molecule has 1 unspecified atom stereocenters. The molecular weight excluding hydrogens is 236 g/mol. The van der Waals surface area contributed by atoms with Crippen molar-refractivity contribution in [2.45, 2.75) is 13.0 Å². The van der Waals surface area contributed by atoms with Crippen LogP contribution in [0.3, 0.4) is 0 Å². The molecule has 0 heterocycles. The third kappa shape index (κ3) is 2.42. The highest BCUT2D eigenvalue weighted by Crippen LogP contribution is 2.28. The van der Waals surface area contributed by atoms with E-state index >= 15 is 0 Å². The van der Waals surface area contributed by atoms with Gasteiger partial charge in [-0.2, -0.15) is 0 Å². The van der Waals surface area contributed by atoms with Crippen molar-refractivity contribution < 1.29 is 13.9 Å². The highest BCUT2D eigenvalue weighted by molar-refractivity contribution is 5.49. The number of rotatable bonds is 3. The average Bonchev–Trinajstić information content (AvgIpc) is 2.34. The first-order chi connectivity index (χ1) is 8.59. The van der Waals surface area contributed by atoms with Crippen LogP contribution < -0.4 is 5.32 Å². The number of phenolic OH excluding ortho intramolecular Hbond substituents is 1. The van der Waals surface area contributed by atoms with Crippen molar-refractivity contribution in [3.63, 3.8) is 0 Å². The summed E-state index contributed by atoms with van der Waals surface area (Å²) in [4.78, 5) is 0. The van der Waals surface area contributed by atoms with E-state index in [0.29, 0.717) is 5.56 Å². The Morgan fingerprint density at radius 1 is 1.00 bits per heavy atom. The van der Waals surface area contributed by atoms with E-state index in [2.05, 4.69) is 5.32 Å². The topological polar surface area (TPSA) is 32.3 Å². The van der Waals surface area contributed by atoms with Crippen LogP contribution in [0.5, 0.6) is 5.75 Å². The zero-order valence-corrected chi connectivity index (χ0v) is 9.82. The van der Waals surface area contributed by atoms with E-state index in [1.54, 1.807) is 25.1 Å². The van der Waals surface area contributed by atoms with E-state index in [4.69, 9.17) is 0 Å². The van der Waals surface area contributed by atoms with E-state index in [1.807, 2.05) is 0 Å². The molecule has 0 bridgehead atoms. The number of halogens is 2. The molecule has 0 aliphatic carbocycles. The van der Waals surface area contributed by atoms with Gasteiger partial charge < -0.3 is 10.4 Å². The number of para-hydroxylation sites is 2. The maximum Gasteiger partial charge on any atom is 0.149 e. The molecule has 0 fully saturated rings. The van der Waals surface area contributed by atoms with Crippen LogP contribution in [0, 0.1) is 11.6 Å². The van der Waals surface area contributed by atoms with Gasteiger partial charge in [0.05, 0.1) is 6.04 Å². The van der Waals surface area contributed by atoms with Gasteiger partial charge in [-0.15, -0.1) is 0 Å². The Hall–Kier alpha value is -2.10. The van der Waals surface area contributed by atoms with Crippen molar-refractivity contribution in [1.29, 1.82) is 0 Å². The Bertz CT molecular complexity index is 537. The molecule has 2 N–H and O–H groups in total. The third-order valence-electron chi connectivity index (χ3n) is 2.73. The molecule has 0 saturated carbocycles. The van der Waals surface area contributed by atoms with E-state index in [1.165, 1.54) is 24.3 Å². The third-order valence-corrected chi connectivity index (χ3v) is 2.73. The van der Waals surface area contributed by atoms with Crippen LogP contribution in [0.25, 0.3) is 0 Å². The van der Waals surface area contributed by atoms with E-state index in [0.717, 1.165) is 0 Å². The summed E-state index contributed by atoms with van der Waals surface area (Å²) in [5.41, 5.74) is 0.397. The molecule has 4 heteroatoms. The van der Waals surface area contributed by atoms with Gasteiger partial charge >= 0.3 is 0 Å². The van der Waals surface area contributed by atoms with Crippen molar-refractivity contribution in [2.24, 2.45) is 0 Å². The highest BCUT2D eigenvalue weighted by atomic mass is 19.1. The molecule has 2 aromatic carbocycles. The first-order valence-corrected chi connectivity index (χ1v) is 5.58. The average molecular weight is 249 g/mol. The first-order valence-electron chi connectivity index (χ1n) is 5.58. The van der Waals surface area contributed by atoms with Gasteiger partial charge in [-0.25, -0.2) is 8.78 Å². The van der Waals surface area contributed by atoms with Gasteiger partial charge in [0.15, 0.2) is 0 Å². The molecule has 94 valence electrons. The lowest BCUT2D eigenvalue weighted by Crippen LogP contribution is -2.09. The van der Waals surface area contributed by atoms with Crippen molar-refractivity contribution in [1.82, 2.24) is 0 Å². The van der Waals surface area contributed by atoms with Crippen molar-refractivity contribution in [3.05, 3.63) is 59.7 Å². The second kappa shape index (κ2) is 5.04. The van der Waals surface area contributed by atoms with Crippen LogP contribution in [0.2, 0.25) is 0 Å². The molecule has 2 rings (SSSR count). The molecule has 1 atom stereocenters. The molecular formula is C14H13F2NO. The molecule has 2 aromatic rings. The number of hydrogen-bond donors (Lipinski definition) is 2. The fraction of sp³-hybridized carbons (Fsp3) is 0.143. The molecule has 0 radical (unpaired) electrons. The van der Waals surface area contributed by atoms with Gasteiger partial charge in [-0.05, 0) is 25.1 Å². The summed E-state index contributed by atoms with van der Waals surface area (Å²) in [6.45, 7) is 1.72. The van der Waals surface area contributed by atoms with Gasteiger partial charge in [-0.1, -0.05) is 24.3 Å². The van der Waals surface area contributed by atoms with Gasteiger partial charge in [0.2, 0.25) is 0 Å². The van der Waals surface area contributed by atoms with Gasteiger partial charge in [-0.3, -0.25) is 0 Å². The minimum atomic E-state index is -0.655. The quantitative estimate of drug-likeness (QED) is 0.866. The largest absolute Gasteiger partial charge is 0.508 e. The number of aromatic hydroxyl groups is 1. The van der Waals surface area contributed by atoms with Crippen molar-refractivity contribution >= 4 is 5.69 Å². The van der Waals surface area contributed by atoms with E-state index in [9.17, 15) is 13.9 Å². The Morgan fingerprint density at radius 3 is 2.22 bits per heavy atom. The molecule has 0 aromatic heterocycles. The standard InChI is InChI=1S/C14H13F2NO/c1-9(10-5-2-3-8-13(10)18)17-14-11(15)6-4-7-12(14)16/h2-9,17-18H,1H3. The van der Waals surface area contributed by atoms with Crippen LogP contribution in [0.15, 0.2) is 42.5 Å². The van der Waals surface area contributed by atoms with Crippen LogP contribution in [-0.2, 0) is 0 Å². The minimum absolute atomic E-state index is 0.0919. The molecule has 0 saturated heterocycles. The molecule has 0 aliphatic heterocycles. The molecule has 0 aliphatic rings. The van der Waals surface area contributed by atoms with Crippen molar-refractivity contribution in [2.75, 3.05) is 5.32 Å². The molecule has 18 heavy (non-hydrogen) atoms. The zero-order chi connectivity index (χ0) is 13.1. The monoisotopic (exact) mass is 249 g/mol.